The van der Waals surface area contributed by atoms with Crippen molar-refractivity contribution in [1.29, 1.82) is 0 Å². The van der Waals surface area contributed by atoms with Gasteiger partial charge in [-0.1, -0.05) is 39.7 Å². The van der Waals surface area contributed by atoms with Gasteiger partial charge in [-0.3, -0.25) is 9.59 Å². The second kappa shape index (κ2) is 9.30. The van der Waals surface area contributed by atoms with E-state index in [9.17, 15) is 9.59 Å². The van der Waals surface area contributed by atoms with E-state index in [1.54, 1.807) is 42.5 Å². The highest BCUT2D eigenvalue weighted by atomic mass is 79.9. The van der Waals surface area contributed by atoms with Crippen LogP contribution in [-0.2, 0) is 4.79 Å². The zero-order valence-electron chi connectivity index (χ0n) is 12.7. The third-order valence-corrected chi connectivity index (χ3v) is 3.71. The van der Waals surface area contributed by atoms with Crippen LogP contribution in [0.25, 0.3) is 0 Å². The molecule has 0 spiro atoms. The molecule has 2 amide bonds. The lowest BCUT2D eigenvalue weighted by Gasteiger charge is -2.09. The average molecular weight is 412 g/mol. The van der Waals surface area contributed by atoms with Gasteiger partial charge in [0.05, 0.1) is 13.1 Å². The zero-order valence-corrected chi connectivity index (χ0v) is 15.1. The summed E-state index contributed by atoms with van der Waals surface area (Å²) in [6.45, 7) is 0.548. The molecule has 2 aromatic carbocycles. The quantitative estimate of drug-likeness (QED) is 0.688. The highest BCUT2D eigenvalue weighted by Crippen LogP contribution is 2.16. The summed E-state index contributed by atoms with van der Waals surface area (Å²) in [7, 11) is 0. The number of carbonyl (C=O) groups is 2. The fourth-order valence-corrected chi connectivity index (χ4v) is 2.45. The molecule has 2 N–H and O–H groups in total. The second-order valence-corrected chi connectivity index (χ2v) is 6.20. The minimum absolute atomic E-state index is 0.0947. The molecule has 126 valence electrons. The lowest BCUT2D eigenvalue weighted by Crippen LogP contribution is -2.38. The zero-order chi connectivity index (χ0) is 17.4. The lowest BCUT2D eigenvalue weighted by molar-refractivity contribution is -0.120. The van der Waals surface area contributed by atoms with Crippen molar-refractivity contribution in [2.24, 2.45) is 0 Å². The Labute approximate surface area is 153 Å². The van der Waals surface area contributed by atoms with E-state index in [0.29, 0.717) is 29.5 Å². The molecule has 0 saturated heterocycles. The number of amides is 2. The van der Waals surface area contributed by atoms with Gasteiger partial charge in [0.2, 0.25) is 5.91 Å². The Morgan fingerprint density at radius 1 is 1.08 bits per heavy atom. The highest BCUT2D eigenvalue weighted by Gasteiger charge is 2.08. The first kappa shape index (κ1) is 18.3. The summed E-state index contributed by atoms with van der Waals surface area (Å²) >= 11 is 9.14. The maximum Gasteiger partial charge on any atom is 0.251 e. The monoisotopic (exact) mass is 410 g/mol. The van der Waals surface area contributed by atoms with Gasteiger partial charge >= 0.3 is 0 Å². The van der Waals surface area contributed by atoms with Gasteiger partial charge in [-0.25, -0.2) is 0 Å². The molecule has 0 unspecified atom stereocenters. The van der Waals surface area contributed by atoms with Crippen LogP contribution in [0, 0.1) is 0 Å². The van der Waals surface area contributed by atoms with Gasteiger partial charge < -0.3 is 15.4 Å². The standard InChI is InChI=1S/C17H16BrClN2O3/c18-13-4-1-3-12(9-13)17(23)21-11-16(22)20-7-8-24-15-6-2-5-14(19)10-15/h1-6,9-10H,7-8,11H2,(H,20,22)(H,21,23). The van der Waals surface area contributed by atoms with Crippen LogP contribution in [0.3, 0.4) is 0 Å². The van der Waals surface area contributed by atoms with E-state index < -0.39 is 0 Å². The Bertz CT molecular complexity index is 724. The third kappa shape index (κ3) is 6.22. The SMILES string of the molecule is O=C(CNC(=O)c1cccc(Br)c1)NCCOc1cccc(Cl)c1. The minimum atomic E-state index is -0.304. The average Bonchev–Trinajstić information content (AvgIpc) is 2.56. The predicted octanol–water partition coefficient (Wildman–Crippen LogP) is 3.03. The smallest absolute Gasteiger partial charge is 0.251 e. The molecule has 0 aliphatic rings. The second-order valence-electron chi connectivity index (χ2n) is 4.85. The van der Waals surface area contributed by atoms with Gasteiger partial charge in [-0.15, -0.1) is 0 Å². The Hall–Kier alpha value is -2.05. The first-order valence-corrected chi connectivity index (χ1v) is 8.40. The van der Waals surface area contributed by atoms with E-state index in [1.165, 1.54) is 0 Å². The molecule has 0 aliphatic heterocycles. The summed E-state index contributed by atoms with van der Waals surface area (Å²) in [5, 5.41) is 5.82. The fraction of sp³-hybridized carbons (Fsp3) is 0.176. The summed E-state index contributed by atoms with van der Waals surface area (Å²) in [4.78, 5) is 23.6. The Morgan fingerprint density at radius 3 is 2.62 bits per heavy atom. The topological polar surface area (TPSA) is 67.4 Å². The number of hydrogen-bond acceptors (Lipinski definition) is 3. The van der Waals surface area contributed by atoms with Crippen molar-refractivity contribution in [1.82, 2.24) is 10.6 Å². The van der Waals surface area contributed by atoms with Gasteiger partial charge in [0, 0.05) is 15.1 Å². The maximum atomic E-state index is 11.9. The number of nitrogens with one attached hydrogen (secondary N) is 2. The molecule has 2 aromatic rings. The number of carbonyl (C=O) groups excluding carboxylic acids is 2. The number of rotatable bonds is 7. The van der Waals surface area contributed by atoms with E-state index in [0.717, 1.165) is 4.47 Å². The van der Waals surface area contributed by atoms with Crippen LogP contribution in [0.15, 0.2) is 53.0 Å². The van der Waals surface area contributed by atoms with Crippen molar-refractivity contribution >= 4 is 39.3 Å². The molecule has 0 radical (unpaired) electrons. The summed E-state index contributed by atoms with van der Waals surface area (Å²) in [6.07, 6.45) is 0. The Kier molecular flexibility index (Phi) is 7.08. The molecule has 0 bridgehead atoms. The van der Waals surface area contributed by atoms with Crippen molar-refractivity contribution in [3.63, 3.8) is 0 Å². The van der Waals surface area contributed by atoms with Crippen LogP contribution in [0.2, 0.25) is 5.02 Å². The van der Waals surface area contributed by atoms with Crippen LogP contribution in [0.5, 0.6) is 5.75 Å². The molecule has 0 atom stereocenters. The molecule has 0 saturated carbocycles. The molecule has 2 rings (SSSR count). The molecule has 0 aliphatic carbocycles. The minimum Gasteiger partial charge on any atom is -0.492 e. The Morgan fingerprint density at radius 2 is 1.88 bits per heavy atom. The van der Waals surface area contributed by atoms with Gasteiger partial charge in [0.1, 0.15) is 12.4 Å². The van der Waals surface area contributed by atoms with Crippen LogP contribution in [0.1, 0.15) is 10.4 Å². The van der Waals surface area contributed by atoms with Crippen molar-refractivity contribution in [3.8, 4) is 5.75 Å². The lowest BCUT2D eigenvalue weighted by atomic mass is 10.2. The maximum absolute atomic E-state index is 11.9. The summed E-state index contributed by atoms with van der Waals surface area (Å²) in [6, 6.07) is 14.0. The third-order valence-electron chi connectivity index (χ3n) is 2.99. The normalized spacial score (nSPS) is 10.1. The van der Waals surface area contributed by atoms with E-state index >= 15 is 0 Å². The predicted molar refractivity (Wildman–Crippen MR) is 96.4 cm³/mol. The Balaban J connectivity index is 1.65. The van der Waals surface area contributed by atoms with E-state index in [1.807, 2.05) is 6.07 Å². The van der Waals surface area contributed by atoms with Crippen molar-refractivity contribution in [2.75, 3.05) is 19.7 Å². The van der Waals surface area contributed by atoms with Gasteiger partial charge in [0.25, 0.3) is 5.91 Å². The van der Waals surface area contributed by atoms with Crippen molar-refractivity contribution in [3.05, 3.63) is 63.6 Å². The van der Waals surface area contributed by atoms with Crippen molar-refractivity contribution < 1.29 is 14.3 Å². The molecule has 0 heterocycles. The van der Waals surface area contributed by atoms with Crippen LogP contribution in [-0.4, -0.2) is 31.5 Å². The first-order chi connectivity index (χ1) is 11.5. The summed E-state index contributed by atoms with van der Waals surface area (Å²) in [5.41, 5.74) is 0.487. The highest BCUT2D eigenvalue weighted by molar-refractivity contribution is 9.10. The number of hydrogen-bond donors (Lipinski definition) is 2. The van der Waals surface area contributed by atoms with Crippen molar-refractivity contribution in [2.45, 2.75) is 0 Å². The molecule has 0 fully saturated rings. The van der Waals surface area contributed by atoms with Gasteiger partial charge in [-0.2, -0.15) is 0 Å². The van der Waals surface area contributed by atoms with Crippen LogP contribution < -0.4 is 15.4 Å². The molecule has 24 heavy (non-hydrogen) atoms. The molecule has 0 aromatic heterocycles. The largest absolute Gasteiger partial charge is 0.492 e. The molecular formula is C17H16BrClN2O3. The molecule has 5 nitrogen and oxygen atoms in total. The van der Waals surface area contributed by atoms with E-state index in [-0.39, 0.29) is 18.4 Å². The van der Waals surface area contributed by atoms with Crippen LogP contribution in [0.4, 0.5) is 0 Å². The van der Waals surface area contributed by atoms with E-state index in [4.69, 9.17) is 16.3 Å². The first-order valence-electron chi connectivity index (χ1n) is 7.23. The summed E-state index contributed by atoms with van der Waals surface area (Å²) in [5.74, 6) is 0.0503. The summed E-state index contributed by atoms with van der Waals surface area (Å²) < 4.78 is 6.26. The molecule has 7 heteroatoms. The van der Waals surface area contributed by atoms with E-state index in [2.05, 4.69) is 26.6 Å². The number of ether oxygens (including phenoxy) is 1. The fourth-order valence-electron chi connectivity index (χ4n) is 1.87. The van der Waals surface area contributed by atoms with Gasteiger partial charge in [-0.05, 0) is 36.4 Å². The van der Waals surface area contributed by atoms with Crippen LogP contribution >= 0.6 is 27.5 Å². The van der Waals surface area contributed by atoms with Gasteiger partial charge in [0.15, 0.2) is 0 Å². The number of benzene rings is 2. The molecular weight excluding hydrogens is 396 g/mol. The number of halogens is 2.